The molecule has 0 bridgehead atoms. The van der Waals surface area contributed by atoms with Crippen LogP contribution in [0.3, 0.4) is 0 Å². The highest BCUT2D eigenvalue weighted by molar-refractivity contribution is 5.76. The van der Waals surface area contributed by atoms with Gasteiger partial charge in [0.1, 0.15) is 0 Å². The minimum Gasteiger partial charge on any atom is -0.355 e. The van der Waals surface area contributed by atoms with Gasteiger partial charge in [-0.15, -0.1) is 5.10 Å². The fraction of sp³-hybridized carbons (Fsp3) is 0.474. The van der Waals surface area contributed by atoms with Crippen molar-refractivity contribution in [3.05, 3.63) is 47.9 Å². The average molecular weight is 339 g/mol. The summed E-state index contributed by atoms with van der Waals surface area (Å²) in [7, 11) is 2.06. The summed E-state index contributed by atoms with van der Waals surface area (Å²) in [5.41, 5.74) is 2.09. The Morgan fingerprint density at radius 1 is 1.16 bits per heavy atom. The number of rotatable bonds is 5. The van der Waals surface area contributed by atoms with Crippen molar-refractivity contribution in [2.45, 2.75) is 38.6 Å². The van der Waals surface area contributed by atoms with Gasteiger partial charge in [-0.1, -0.05) is 0 Å². The van der Waals surface area contributed by atoms with Crippen LogP contribution in [0.15, 0.2) is 36.7 Å². The Bertz CT molecular complexity index is 681. The van der Waals surface area contributed by atoms with Crippen LogP contribution < -0.4 is 4.90 Å². The predicted molar refractivity (Wildman–Crippen MR) is 97.3 cm³/mol. The average Bonchev–Trinajstić information content (AvgIpc) is 2.67. The number of anilines is 1. The molecule has 1 saturated heterocycles. The topological polar surface area (TPSA) is 62.2 Å². The van der Waals surface area contributed by atoms with Crippen LogP contribution in [0.1, 0.15) is 30.5 Å². The molecule has 132 valence electrons. The molecule has 3 rings (SSSR count). The highest BCUT2D eigenvalue weighted by Crippen LogP contribution is 2.20. The summed E-state index contributed by atoms with van der Waals surface area (Å²) in [4.78, 5) is 20.6. The van der Waals surface area contributed by atoms with Crippen LogP contribution in [0.5, 0.6) is 0 Å². The maximum absolute atomic E-state index is 12.4. The van der Waals surface area contributed by atoms with E-state index >= 15 is 0 Å². The molecule has 0 aliphatic carbocycles. The van der Waals surface area contributed by atoms with Gasteiger partial charge in [-0.3, -0.25) is 9.78 Å². The number of aryl methyl sites for hydroxylation is 2. The molecule has 0 atom stereocenters. The van der Waals surface area contributed by atoms with Gasteiger partial charge in [0.15, 0.2) is 5.82 Å². The molecule has 25 heavy (non-hydrogen) atoms. The third-order valence-electron chi connectivity index (χ3n) is 4.89. The number of nitrogens with zero attached hydrogens (tertiary/aromatic N) is 5. The Balaban J connectivity index is 1.47. The van der Waals surface area contributed by atoms with Gasteiger partial charge in [0.25, 0.3) is 0 Å². The standard InChI is InChI=1S/C19H25N5O/c1-15-3-5-18(22-21-15)23(2)17-9-13-24(14-10-17)19(25)6-4-16-7-11-20-12-8-16/h3,5,7-8,11-12,17H,4,6,9-10,13-14H2,1-2H3. The number of amides is 1. The maximum atomic E-state index is 12.4. The van der Waals surface area contributed by atoms with Crippen molar-refractivity contribution >= 4 is 11.7 Å². The number of piperidine rings is 1. The van der Waals surface area contributed by atoms with Gasteiger partial charge in [0.2, 0.25) is 5.91 Å². The normalized spacial score (nSPS) is 15.2. The van der Waals surface area contributed by atoms with Crippen LogP contribution in [0.4, 0.5) is 5.82 Å². The van der Waals surface area contributed by atoms with Gasteiger partial charge in [0, 0.05) is 45.0 Å². The van der Waals surface area contributed by atoms with Crippen molar-refractivity contribution in [1.29, 1.82) is 0 Å². The molecule has 0 unspecified atom stereocenters. The Hall–Kier alpha value is -2.50. The van der Waals surface area contributed by atoms with E-state index in [1.54, 1.807) is 12.4 Å². The summed E-state index contributed by atoms with van der Waals surface area (Å²) in [6, 6.07) is 8.33. The minimum atomic E-state index is 0.244. The summed E-state index contributed by atoms with van der Waals surface area (Å²) >= 11 is 0. The third kappa shape index (κ3) is 4.53. The van der Waals surface area contributed by atoms with Gasteiger partial charge in [-0.2, -0.15) is 5.10 Å². The Morgan fingerprint density at radius 2 is 1.88 bits per heavy atom. The van der Waals surface area contributed by atoms with Crippen LogP contribution in [0.25, 0.3) is 0 Å². The summed E-state index contributed by atoms with van der Waals surface area (Å²) < 4.78 is 0. The summed E-state index contributed by atoms with van der Waals surface area (Å²) in [6.45, 7) is 3.56. The van der Waals surface area contributed by atoms with Crippen molar-refractivity contribution in [2.24, 2.45) is 0 Å². The molecule has 1 amide bonds. The van der Waals surface area contributed by atoms with Crippen molar-refractivity contribution < 1.29 is 4.79 Å². The van der Waals surface area contributed by atoms with E-state index in [1.165, 1.54) is 0 Å². The number of pyridine rings is 1. The zero-order valence-electron chi connectivity index (χ0n) is 14.9. The van der Waals surface area contributed by atoms with Crippen LogP contribution in [-0.4, -0.2) is 52.2 Å². The third-order valence-corrected chi connectivity index (χ3v) is 4.89. The molecule has 0 aromatic carbocycles. The first kappa shape index (κ1) is 17.3. The van der Waals surface area contributed by atoms with E-state index in [9.17, 15) is 4.79 Å². The van der Waals surface area contributed by atoms with Crippen LogP contribution in [-0.2, 0) is 11.2 Å². The summed E-state index contributed by atoms with van der Waals surface area (Å²) in [5.74, 6) is 1.14. The van der Waals surface area contributed by atoms with Gasteiger partial charge < -0.3 is 9.80 Å². The SMILES string of the molecule is Cc1ccc(N(C)C2CCN(C(=O)CCc3ccncc3)CC2)nn1. The Labute approximate surface area is 148 Å². The highest BCUT2D eigenvalue weighted by Gasteiger charge is 2.25. The number of aromatic nitrogens is 3. The van der Waals surface area contributed by atoms with Crippen LogP contribution >= 0.6 is 0 Å². The summed E-state index contributed by atoms with van der Waals surface area (Å²) in [5, 5.41) is 8.39. The van der Waals surface area contributed by atoms with Crippen molar-refractivity contribution in [1.82, 2.24) is 20.1 Å². The fourth-order valence-electron chi connectivity index (χ4n) is 3.23. The number of hydrogen-bond acceptors (Lipinski definition) is 5. The zero-order valence-corrected chi connectivity index (χ0v) is 14.9. The molecule has 1 fully saturated rings. The molecule has 0 N–H and O–H groups in total. The molecular weight excluding hydrogens is 314 g/mol. The van der Waals surface area contributed by atoms with E-state index in [-0.39, 0.29) is 5.91 Å². The first-order chi connectivity index (χ1) is 12.1. The lowest BCUT2D eigenvalue weighted by Crippen LogP contribution is -2.46. The lowest BCUT2D eigenvalue weighted by molar-refractivity contribution is -0.132. The molecule has 2 aromatic heterocycles. The van der Waals surface area contributed by atoms with E-state index in [1.807, 2.05) is 36.1 Å². The predicted octanol–water partition coefficient (Wildman–Crippen LogP) is 2.24. The van der Waals surface area contributed by atoms with Crippen molar-refractivity contribution in [3.8, 4) is 0 Å². The monoisotopic (exact) mass is 339 g/mol. The van der Waals surface area contributed by atoms with E-state index in [2.05, 4.69) is 27.1 Å². The molecule has 0 saturated carbocycles. The number of carbonyl (C=O) groups is 1. The number of carbonyl (C=O) groups excluding carboxylic acids is 1. The van der Waals surface area contributed by atoms with Crippen LogP contribution in [0, 0.1) is 6.92 Å². The van der Waals surface area contributed by atoms with Crippen molar-refractivity contribution in [3.63, 3.8) is 0 Å². The van der Waals surface area contributed by atoms with E-state index in [4.69, 9.17) is 0 Å². The maximum Gasteiger partial charge on any atom is 0.222 e. The molecule has 1 aliphatic heterocycles. The lowest BCUT2D eigenvalue weighted by Gasteiger charge is -2.37. The Kier molecular flexibility index (Phi) is 5.58. The van der Waals surface area contributed by atoms with Crippen molar-refractivity contribution in [2.75, 3.05) is 25.0 Å². The Morgan fingerprint density at radius 3 is 2.52 bits per heavy atom. The molecule has 6 heteroatoms. The molecule has 0 radical (unpaired) electrons. The zero-order chi connectivity index (χ0) is 17.6. The van der Waals surface area contributed by atoms with E-state index < -0.39 is 0 Å². The quantitative estimate of drug-likeness (QED) is 0.836. The van der Waals surface area contributed by atoms with Gasteiger partial charge in [-0.05, 0) is 56.0 Å². The molecule has 6 nitrogen and oxygen atoms in total. The van der Waals surface area contributed by atoms with Gasteiger partial charge in [-0.25, -0.2) is 0 Å². The van der Waals surface area contributed by atoms with E-state index in [0.717, 1.165) is 49.4 Å². The van der Waals surface area contributed by atoms with Gasteiger partial charge in [0.05, 0.1) is 5.69 Å². The number of hydrogen-bond donors (Lipinski definition) is 0. The molecule has 2 aromatic rings. The largest absolute Gasteiger partial charge is 0.355 e. The van der Waals surface area contributed by atoms with Gasteiger partial charge >= 0.3 is 0 Å². The first-order valence-corrected chi connectivity index (χ1v) is 8.83. The molecular formula is C19H25N5O. The second-order valence-electron chi connectivity index (χ2n) is 6.61. The molecule has 3 heterocycles. The highest BCUT2D eigenvalue weighted by atomic mass is 16.2. The second kappa shape index (κ2) is 8.05. The smallest absolute Gasteiger partial charge is 0.222 e. The van der Waals surface area contributed by atoms with Crippen LogP contribution in [0.2, 0.25) is 0 Å². The lowest BCUT2D eigenvalue weighted by atomic mass is 10.0. The molecule has 1 aliphatic rings. The number of likely N-dealkylation sites (tertiary alicyclic amines) is 1. The molecule has 0 spiro atoms. The summed E-state index contributed by atoms with van der Waals surface area (Å²) in [6.07, 6.45) is 6.82. The second-order valence-corrected chi connectivity index (χ2v) is 6.61. The van der Waals surface area contributed by atoms with E-state index in [0.29, 0.717) is 12.5 Å². The first-order valence-electron chi connectivity index (χ1n) is 8.83. The minimum absolute atomic E-state index is 0.244. The fourth-order valence-corrected chi connectivity index (χ4v) is 3.23.